The molecule has 0 heterocycles. The summed E-state index contributed by atoms with van der Waals surface area (Å²) in [7, 11) is 0. The average Bonchev–Trinajstić information content (AvgIpc) is 2.52. The van der Waals surface area contributed by atoms with Gasteiger partial charge in [-0.05, 0) is 43.0 Å². The number of hydrogen-bond acceptors (Lipinski definition) is 4. The van der Waals surface area contributed by atoms with Crippen LogP contribution in [0.15, 0.2) is 23.1 Å². The number of hydrogen-bond donors (Lipinski definition) is 4. The fraction of sp³-hybridized carbons (Fsp3) is 0.600. The van der Waals surface area contributed by atoms with Crippen LogP contribution < -0.4 is 16.0 Å². The summed E-state index contributed by atoms with van der Waals surface area (Å²) in [5.74, 6) is -0.0489. The van der Waals surface area contributed by atoms with Gasteiger partial charge in [-0.3, -0.25) is 4.79 Å². The number of aliphatic hydroxyl groups is 1. The van der Waals surface area contributed by atoms with Crippen LogP contribution >= 0.6 is 11.8 Å². The van der Waals surface area contributed by atoms with E-state index in [4.69, 9.17) is 5.11 Å². The standard InChI is InChI=1S/C20H33N3O3S/c1-13(2)11-17(18(25)21-9-10-24)23-19(26)22-16-8-7-15(12-14(16)3)27-20(4,5)6/h7-8,12-13,17,24H,9-11H2,1-6H3,(H,21,25)(H2,22,23,26)/t17-/m0/s1. The fourth-order valence-corrected chi connectivity index (χ4v) is 3.59. The van der Waals surface area contributed by atoms with Gasteiger partial charge in [-0.15, -0.1) is 11.8 Å². The Morgan fingerprint density at radius 2 is 1.89 bits per heavy atom. The van der Waals surface area contributed by atoms with E-state index >= 15 is 0 Å². The van der Waals surface area contributed by atoms with Crippen molar-refractivity contribution in [1.29, 1.82) is 0 Å². The zero-order valence-corrected chi connectivity index (χ0v) is 18.0. The quantitative estimate of drug-likeness (QED) is 0.507. The normalized spacial score (nSPS) is 12.6. The Labute approximate surface area is 166 Å². The molecule has 152 valence electrons. The zero-order chi connectivity index (χ0) is 20.6. The molecule has 1 atom stereocenters. The molecule has 7 heteroatoms. The van der Waals surface area contributed by atoms with E-state index in [9.17, 15) is 9.59 Å². The summed E-state index contributed by atoms with van der Waals surface area (Å²) in [6, 6.07) is 4.85. The zero-order valence-electron chi connectivity index (χ0n) is 17.2. The molecule has 0 spiro atoms. The van der Waals surface area contributed by atoms with Gasteiger partial charge >= 0.3 is 6.03 Å². The van der Waals surface area contributed by atoms with Crippen LogP contribution in [0.4, 0.5) is 10.5 Å². The van der Waals surface area contributed by atoms with Gasteiger partial charge < -0.3 is 21.1 Å². The van der Waals surface area contributed by atoms with Crippen molar-refractivity contribution in [3.05, 3.63) is 23.8 Å². The topological polar surface area (TPSA) is 90.5 Å². The number of urea groups is 1. The molecule has 4 N–H and O–H groups in total. The predicted octanol–water partition coefficient (Wildman–Crippen LogP) is 3.53. The molecule has 0 saturated carbocycles. The van der Waals surface area contributed by atoms with Crippen molar-refractivity contribution in [2.24, 2.45) is 5.92 Å². The molecule has 1 aromatic carbocycles. The smallest absolute Gasteiger partial charge is 0.319 e. The van der Waals surface area contributed by atoms with Crippen molar-refractivity contribution < 1.29 is 14.7 Å². The van der Waals surface area contributed by atoms with E-state index < -0.39 is 12.1 Å². The number of thioether (sulfide) groups is 1. The Morgan fingerprint density at radius 1 is 1.22 bits per heavy atom. The lowest BCUT2D eigenvalue weighted by Gasteiger charge is -2.21. The van der Waals surface area contributed by atoms with E-state index in [2.05, 4.69) is 36.7 Å². The lowest BCUT2D eigenvalue weighted by molar-refractivity contribution is -0.123. The van der Waals surface area contributed by atoms with Gasteiger partial charge in [0.1, 0.15) is 6.04 Å². The first-order valence-corrected chi connectivity index (χ1v) is 10.1. The second-order valence-electron chi connectivity index (χ2n) is 7.99. The molecule has 0 unspecified atom stereocenters. The maximum absolute atomic E-state index is 12.4. The van der Waals surface area contributed by atoms with Crippen LogP contribution in [0.25, 0.3) is 0 Å². The van der Waals surface area contributed by atoms with Crippen LogP contribution in [0, 0.1) is 12.8 Å². The summed E-state index contributed by atoms with van der Waals surface area (Å²) in [6.45, 7) is 12.4. The monoisotopic (exact) mass is 395 g/mol. The fourth-order valence-electron chi connectivity index (χ4n) is 2.52. The molecule has 0 bridgehead atoms. The molecular formula is C20H33N3O3S. The summed E-state index contributed by atoms with van der Waals surface area (Å²) in [5.41, 5.74) is 1.68. The van der Waals surface area contributed by atoms with Crippen LogP contribution in [-0.2, 0) is 4.79 Å². The number of nitrogens with one attached hydrogen (secondary N) is 3. The number of rotatable bonds is 8. The Hall–Kier alpha value is -1.73. The van der Waals surface area contributed by atoms with Crippen molar-refractivity contribution in [2.45, 2.75) is 63.6 Å². The highest BCUT2D eigenvalue weighted by atomic mass is 32.2. The van der Waals surface area contributed by atoms with Crippen molar-refractivity contribution in [1.82, 2.24) is 10.6 Å². The van der Waals surface area contributed by atoms with E-state index in [1.807, 2.05) is 39.0 Å². The van der Waals surface area contributed by atoms with Gasteiger partial charge in [0, 0.05) is 21.9 Å². The maximum atomic E-state index is 12.4. The minimum Gasteiger partial charge on any atom is -0.395 e. The third kappa shape index (κ3) is 9.15. The highest BCUT2D eigenvalue weighted by molar-refractivity contribution is 8.00. The van der Waals surface area contributed by atoms with Gasteiger partial charge in [-0.1, -0.05) is 34.6 Å². The first kappa shape index (κ1) is 23.3. The molecule has 0 fully saturated rings. The first-order valence-electron chi connectivity index (χ1n) is 9.27. The molecule has 3 amide bonds. The minimum absolute atomic E-state index is 0.116. The number of benzene rings is 1. The van der Waals surface area contributed by atoms with E-state index in [1.165, 1.54) is 0 Å². The molecule has 0 aliphatic heterocycles. The number of amides is 3. The summed E-state index contributed by atoms with van der Waals surface area (Å²) >= 11 is 1.77. The van der Waals surface area contributed by atoms with Gasteiger partial charge in [0.15, 0.2) is 0 Å². The van der Waals surface area contributed by atoms with Crippen LogP contribution in [0.2, 0.25) is 0 Å². The van der Waals surface area contributed by atoms with E-state index in [0.717, 1.165) is 10.5 Å². The van der Waals surface area contributed by atoms with Crippen LogP contribution in [0.1, 0.15) is 46.6 Å². The Balaban J connectivity index is 2.76. The number of carbonyl (C=O) groups is 2. The molecule has 1 aromatic rings. The number of aliphatic hydroxyl groups excluding tert-OH is 1. The van der Waals surface area contributed by atoms with Crippen molar-refractivity contribution in [2.75, 3.05) is 18.5 Å². The summed E-state index contributed by atoms with van der Waals surface area (Å²) in [4.78, 5) is 25.7. The lowest BCUT2D eigenvalue weighted by Crippen LogP contribution is -2.49. The number of anilines is 1. The summed E-state index contributed by atoms with van der Waals surface area (Å²) in [5, 5.41) is 17.0. The van der Waals surface area contributed by atoms with Gasteiger partial charge in [0.25, 0.3) is 0 Å². The molecule has 6 nitrogen and oxygen atoms in total. The molecule has 0 saturated heterocycles. The van der Waals surface area contributed by atoms with Crippen molar-refractivity contribution in [3.8, 4) is 0 Å². The molecule has 0 aromatic heterocycles. The van der Waals surface area contributed by atoms with Crippen molar-refractivity contribution in [3.63, 3.8) is 0 Å². The largest absolute Gasteiger partial charge is 0.395 e. The van der Waals surface area contributed by atoms with Gasteiger partial charge in [-0.2, -0.15) is 0 Å². The van der Waals surface area contributed by atoms with E-state index in [-0.39, 0.29) is 29.7 Å². The average molecular weight is 396 g/mol. The number of aryl methyl sites for hydroxylation is 1. The number of carbonyl (C=O) groups excluding carboxylic acids is 2. The molecular weight excluding hydrogens is 362 g/mol. The molecule has 27 heavy (non-hydrogen) atoms. The van der Waals surface area contributed by atoms with Crippen LogP contribution in [-0.4, -0.2) is 41.0 Å². The second kappa shape index (κ2) is 10.6. The molecule has 0 radical (unpaired) electrons. The second-order valence-corrected chi connectivity index (χ2v) is 9.89. The predicted molar refractivity (Wildman–Crippen MR) is 112 cm³/mol. The highest BCUT2D eigenvalue weighted by Gasteiger charge is 2.22. The molecule has 1 rings (SSSR count). The van der Waals surface area contributed by atoms with Crippen LogP contribution in [0.5, 0.6) is 0 Å². The van der Waals surface area contributed by atoms with Crippen LogP contribution in [0.3, 0.4) is 0 Å². The SMILES string of the molecule is Cc1cc(SC(C)(C)C)ccc1NC(=O)N[C@@H](CC(C)C)C(=O)NCCO. The molecule has 0 aliphatic rings. The summed E-state index contributed by atoms with van der Waals surface area (Å²) < 4.78 is 0.116. The first-order chi connectivity index (χ1) is 12.5. The van der Waals surface area contributed by atoms with E-state index in [1.54, 1.807) is 11.8 Å². The van der Waals surface area contributed by atoms with Crippen molar-refractivity contribution >= 4 is 29.4 Å². The Kier molecular flexibility index (Phi) is 9.12. The third-order valence-corrected chi connectivity index (χ3v) is 4.71. The minimum atomic E-state index is -0.646. The van der Waals surface area contributed by atoms with Gasteiger partial charge in [-0.25, -0.2) is 4.79 Å². The summed E-state index contributed by atoms with van der Waals surface area (Å²) in [6.07, 6.45) is 0.519. The highest BCUT2D eigenvalue weighted by Crippen LogP contribution is 2.33. The van der Waals surface area contributed by atoms with Gasteiger partial charge in [0.2, 0.25) is 5.91 Å². The maximum Gasteiger partial charge on any atom is 0.319 e. The van der Waals surface area contributed by atoms with E-state index in [0.29, 0.717) is 12.1 Å². The lowest BCUT2D eigenvalue weighted by atomic mass is 10.0. The Morgan fingerprint density at radius 3 is 2.41 bits per heavy atom. The third-order valence-electron chi connectivity index (χ3n) is 3.61. The Bertz CT molecular complexity index is 642. The van der Waals surface area contributed by atoms with Gasteiger partial charge in [0.05, 0.1) is 6.61 Å². The molecule has 0 aliphatic carbocycles.